The van der Waals surface area contributed by atoms with Crippen molar-refractivity contribution in [3.63, 3.8) is 0 Å². The zero-order valence-corrected chi connectivity index (χ0v) is 74.1. The molecule has 5 aromatic rings. The van der Waals surface area contributed by atoms with Gasteiger partial charge in [0.05, 0.1) is 42.6 Å². The number of hydrogen-bond acceptors (Lipinski definition) is 28. The standard InChI is InChI=1S/C83H108N24O28/c1-35(2)65(107-71(122)41(8)97-73(124)51(17-20-60(84)110)102-72(123)42-11-14-47-50(24-42)83(135-81(47)133)48-15-12-45(108)27-58(48)134-59-28-46(109)13-16-49(59)83)79(130)106-56(26-44-31-89-34-93-44)77(128)98-37(4)67(118)94-38(5)69(120)104-55(25-43-30-88-33-92-43)76(127)99-39(6)68(119)101-52(18-21-63(113)114)74(125)96-40(7)70(121)105-57(29-61(85)111)78(129)103-53(19-22-64(115)116)75(126)95-36(3)66(117)91-32-62(112)100-54(80(131)132)10-9-23-90-82(86)87/h11-16,24,27-28,30-31,33-41,51-57,65,108-109H,9-10,17-23,25-26,29,32H2,1-8H3,(H2,84,110)(H2,85,111)(H,88,92)(H,89,93)(H,91,117)(H,94,118)(H,95,126)(H,96,125)(H,97,124)(H,98,128)(H,99,127)(H,100,112)(H,101,119)(H,102,123)(H,103,129)(H,104,120)(H,105,121)(H,106,130)(H,107,122)(H,113,114)(H,115,116)(H,131,132)(H4,86,87,90)/t36-,37-,38-,39-,40-,41-,51-,52-,53-,54-,55-,56-,57-,65-/m0/s1. The third-order valence-electron chi connectivity index (χ3n) is 20.9. The number of fused-ring (bicyclic) bond motifs is 6. The molecule has 2 aliphatic heterocycles. The maximum atomic E-state index is 14.3. The zero-order chi connectivity index (χ0) is 100. The fraction of sp³-hybridized carbons (Fsp3) is 0.446. The molecule has 0 saturated carbocycles. The maximum Gasteiger partial charge on any atom is 0.340 e. The highest BCUT2D eigenvalue weighted by Crippen LogP contribution is 2.57. The summed E-state index contributed by atoms with van der Waals surface area (Å²) < 4.78 is 12.1. The lowest BCUT2D eigenvalue weighted by molar-refractivity contribution is -0.142. The monoisotopic (exact) mass is 1890 g/mol. The normalized spacial score (nSPS) is 15.0. The second kappa shape index (κ2) is 48.5. The van der Waals surface area contributed by atoms with Crippen molar-refractivity contribution in [2.75, 3.05) is 13.1 Å². The highest BCUT2D eigenvalue weighted by atomic mass is 16.6. The van der Waals surface area contributed by atoms with Gasteiger partial charge in [0, 0.05) is 85.4 Å². The van der Waals surface area contributed by atoms with Gasteiger partial charge in [0.2, 0.25) is 94.5 Å². The van der Waals surface area contributed by atoms with Crippen LogP contribution < -0.4 is 107 Å². The summed E-state index contributed by atoms with van der Waals surface area (Å²) in [6.45, 7) is 9.33. The molecule has 0 bridgehead atoms. The number of aromatic hydroxyl groups is 2. The fourth-order valence-electron chi connectivity index (χ4n) is 13.7. The smallest absolute Gasteiger partial charge is 0.340 e. The molecule has 2 aromatic heterocycles. The van der Waals surface area contributed by atoms with Gasteiger partial charge in [-0.25, -0.2) is 19.6 Å². The maximum absolute atomic E-state index is 14.3. The molecule has 0 aliphatic carbocycles. The Kier molecular flexibility index (Phi) is 38.0. The van der Waals surface area contributed by atoms with Crippen molar-refractivity contribution >= 4 is 130 Å². The molecule has 30 N–H and O–H groups in total. The molecule has 0 unspecified atom stereocenters. The van der Waals surface area contributed by atoms with Crippen LogP contribution in [-0.2, 0) is 114 Å². The number of imidazole rings is 2. The van der Waals surface area contributed by atoms with Crippen LogP contribution in [0.3, 0.4) is 0 Å². The summed E-state index contributed by atoms with van der Waals surface area (Å²) in [7, 11) is 0. The number of aliphatic carboxylic acids is 3. The van der Waals surface area contributed by atoms with Crippen molar-refractivity contribution in [2.24, 2.45) is 23.1 Å². The molecule has 3 aromatic carbocycles. The number of amides is 17. The van der Waals surface area contributed by atoms with Gasteiger partial charge in [-0.15, -0.1) is 0 Å². The average molecular weight is 1890 g/mol. The average Bonchev–Trinajstić information content (AvgIpc) is 1.58. The number of carbonyl (C=O) groups is 21. The van der Waals surface area contributed by atoms with Crippen molar-refractivity contribution in [2.45, 2.75) is 216 Å². The van der Waals surface area contributed by atoms with E-state index in [0.717, 1.165) is 20.8 Å². The van der Waals surface area contributed by atoms with Gasteiger partial charge in [0.15, 0.2) is 11.6 Å². The number of guanidine groups is 1. The van der Waals surface area contributed by atoms with Crippen LogP contribution in [0.5, 0.6) is 23.0 Å². The Morgan fingerprint density at radius 2 is 0.837 bits per heavy atom. The zero-order valence-electron chi connectivity index (χ0n) is 74.1. The van der Waals surface area contributed by atoms with E-state index in [4.69, 9.17) is 32.1 Å². The number of nitrogens with zero attached hydrogens (tertiary/aromatic N) is 2. The minimum absolute atomic E-state index is 0.0283. The quantitative estimate of drug-likeness (QED) is 0.00745. The summed E-state index contributed by atoms with van der Waals surface area (Å²) in [6.07, 6.45) is -0.164. The molecule has 728 valence electrons. The van der Waals surface area contributed by atoms with Crippen LogP contribution >= 0.6 is 0 Å². The number of phenolic OH excluding ortho intramolecular Hbond substituents is 2. The topological polar surface area (TPSA) is 830 Å². The Morgan fingerprint density at radius 3 is 1.27 bits per heavy atom. The predicted molar refractivity (Wildman–Crippen MR) is 464 cm³/mol. The molecule has 52 nitrogen and oxygen atoms in total. The van der Waals surface area contributed by atoms with Crippen LogP contribution in [0.25, 0.3) is 0 Å². The van der Waals surface area contributed by atoms with E-state index in [1.165, 1.54) is 114 Å². The summed E-state index contributed by atoms with van der Waals surface area (Å²) in [6, 6.07) is -10.6. The van der Waals surface area contributed by atoms with Gasteiger partial charge in [-0.1, -0.05) is 13.8 Å². The number of benzene rings is 3. The minimum atomic E-state index is -1.98. The Morgan fingerprint density at radius 1 is 0.430 bits per heavy atom. The molecule has 0 radical (unpaired) electrons. The van der Waals surface area contributed by atoms with E-state index in [1.54, 1.807) is 0 Å². The number of carbonyl (C=O) groups excluding carboxylic acids is 18. The third kappa shape index (κ3) is 30.6. The number of nitrogens with two attached hydrogens (primary N) is 3. The number of rotatable bonds is 51. The first-order valence-corrected chi connectivity index (χ1v) is 42.1. The van der Waals surface area contributed by atoms with Crippen molar-refractivity contribution in [3.8, 4) is 23.0 Å². The van der Waals surface area contributed by atoms with Gasteiger partial charge in [-0.05, 0) is 122 Å². The summed E-state index contributed by atoms with van der Waals surface area (Å²) in [5.41, 5.74) is 15.2. The highest BCUT2D eigenvalue weighted by Gasteiger charge is 2.54. The first-order chi connectivity index (χ1) is 63.5. The first-order valence-electron chi connectivity index (χ1n) is 42.1. The van der Waals surface area contributed by atoms with Gasteiger partial charge < -0.3 is 147 Å². The van der Waals surface area contributed by atoms with Crippen molar-refractivity contribution in [1.29, 1.82) is 5.41 Å². The Balaban J connectivity index is 0.934. The SMILES string of the molecule is CC(C)[C@H](NC(=O)[C@H](C)NC(=O)[C@H](CCC(N)=O)NC(=O)c1ccc2c(c1)C1(OC2=O)c2ccc(O)cc2Oc2cc(O)ccc21)C(=O)N[C@@H](Cc1c[nH]cn1)C(=O)N[C@@H](C)C(=O)N[C@@H](C)C(=O)N[C@@H](Cc1c[nH]cn1)C(=O)N[C@@H](C)C(=O)N[C@@H](CCC(=O)O)C(=O)N[C@@H](C)C(=O)N[C@@H](CC(N)=O)C(=O)N[C@@H](CCC(=O)O)C(=O)N[C@@H](C)C(=O)NCC(=O)N[C@@H](CCCNC(=N)N)C(=O)O. The summed E-state index contributed by atoms with van der Waals surface area (Å²) in [5, 5.41) is 94.3. The Hall–Kier alpha value is -16.4. The van der Waals surface area contributed by atoms with Gasteiger partial charge in [-0.2, -0.15) is 0 Å². The van der Waals surface area contributed by atoms with Crippen LogP contribution in [0, 0.1) is 11.3 Å². The van der Waals surface area contributed by atoms with E-state index in [0.29, 0.717) is 0 Å². The van der Waals surface area contributed by atoms with Gasteiger partial charge in [0.25, 0.3) is 5.91 Å². The molecule has 2 aliphatic rings. The summed E-state index contributed by atoms with van der Waals surface area (Å²) in [4.78, 5) is 294. The second-order valence-electron chi connectivity index (χ2n) is 32.0. The van der Waals surface area contributed by atoms with E-state index in [-0.39, 0.29) is 100 Å². The molecule has 135 heavy (non-hydrogen) atoms. The van der Waals surface area contributed by atoms with E-state index in [9.17, 15) is 126 Å². The van der Waals surface area contributed by atoms with Gasteiger partial charge >= 0.3 is 23.9 Å². The largest absolute Gasteiger partial charge is 0.508 e. The molecule has 1 spiro atoms. The number of esters is 1. The molecular formula is C83H108N24O28. The van der Waals surface area contributed by atoms with Crippen LogP contribution in [0.15, 0.2) is 79.6 Å². The van der Waals surface area contributed by atoms with Crippen LogP contribution in [-0.4, -0.2) is 273 Å². The molecule has 14 atom stereocenters. The number of phenols is 2. The Bertz CT molecular complexity index is 5270. The first kappa shape index (κ1) is 106. The number of carboxylic acids is 3. The van der Waals surface area contributed by atoms with E-state index >= 15 is 0 Å². The van der Waals surface area contributed by atoms with Crippen LogP contribution in [0.1, 0.15) is 162 Å². The third-order valence-corrected chi connectivity index (χ3v) is 20.9. The van der Waals surface area contributed by atoms with Crippen molar-refractivity contribution in [1.82, 2.24) is 105 Å². The molecule has 4 heterocycles. The number of aromatic nitrogens is 4. The summed E-state index contributed by atoms with van der Waals surface area (Å²) >= 11 is 0. The fourth-order valence-corrected chi connectivity index (χ4v) is 13.7. The van der Waals surface area contributed by atoms with E-state index < -0.39 is 272 Å². The van der Waals surface area contributed by atoms with Gasteiger partial charge in [0.1, 0.15) is 108 Å². The second-order valence-corrected chi connectivity index (χ2v) is 32.0. The van der Waals surface area contributed by atoms with Crippen LogP contribution in [0.4, 0.5) is 0 Å². The van der Waals surface area contributed by atoms with E-state index in [2.05, 4.69) is 105 Å². The number of H-pyrrole nitrogens is 2. The van der Waals surface area contributed by atoms with Crippen molar-refractivity contribution < 1.29 is 136 Å². The molecule has 17 amide bonds. The van der Waals surface area contributed by atoms with E-state index in [1.807, 2.05) is 0 Å². The molecular weight excluding hydrogens is 1780 g/mol. The predicted octanol–water partition coefficient (Wildman–Crippen LogP) is -6.89. The van der Waals surface area contributed by atoms with Crippen molar-refractivity contribution in [3.05, 3.63) is 119 Å². The molecule has 52 heteroatoms. The highest BCUT2D eigenvalue weighted by molar-refractivity contribution is 6.04. The lowest BCUT2D eigenvalue weighted by Gasteiger charge is -2.36. The number of ether oxygens (including phenoxy) is 2. The molecule has 7 rings (SSSR count). The minimum Gasteiger partial charge on any atom is -0.508 e. The lowest BCUT2D eigenvalue weighted by Crippen LogP contribution is -2.60. The summed E-state index contributed by atoms with van der Waals surface area (Å²) in [5.74, 6) is -24.8. The number of nitrogens with one attached hydrogen (secondary N) is 19. The van der Waals surface area contributed by atoms with Gasteiger partial charge in [-0.3, -0.25) is 96.5 Å². The number of primary amides is 2. The number of hydrogen-bond donors (Lipinski definition) is 27. The lowest BCUT2D eigenvalue weighted by atomic mass is 9.77. The molecule has 0 fully saturated rings. The molecule has 0 saturated heterocycles. The number of carboxylic acid groups (broad SMARTS) is 3. The number of aromatic amines is 2. The van der Waals surface area contributed by atoms with Crippen LogP contribution in [0.2, 0.25) is 0 Å². The Labute approximate surface area is 767 Å².